The maximum Gasteiger partial charge on any atom is 0.270 e. The van der Waals surface area contributed by atoms with Gasteiger partial charge >= 0.3 is 0 Å². The maximum absolute atomic E-state index is 13.5. The average molecular weight is 540 g/mol. The lowest BCUT2D eigenvalue weighted by molar-refractivity contribution is -0.0790. The van der Waals surface area contributed by atoms with E-state index in [4.69, 9.17) is 16.3 Å². The number of hydrogen-bond acceptors (Lipinski definition) is 4. The van der Waals surface area contributed by atoms with Crippen molar-refractivity contribution in [1.29, 1.82) is 0 Å². The van der Waals surface area contributed by atoms with E-state index in [-0.39, 0.29) is 17.1 Å². The van der Waals surface area contributed by atoms with Crippen LogP contribution in [0.4, 0.5) is 4.39 Å². The lowest BCUT2D eigenvalue weighted by atomic mass is 9.71. The summed E-state index contributed by atoms with van der Waals surface area (Å²) in [6.45, 7) is 6.85. The maximum atomic E-state index is 13.5. The summed E-state index contributed by atoms with van der Waals surface area (Å²) in [5.74, 6) is 1.54. The van der Waals surface area contributed by atoms with Crippen molar-refractivity contribution in [2.24, 2.45) is 17.3 Å². The Hall–Kier alpha value is -2.61. The molecule has 0 aliphatic carbocycles. The van der Waals surface area contributed by atoms with Gasteiger partial charge < -0.3 is 24.6 Å². The fraction of sp³-hybridized carbons (Fsp3) is 0.500. The van der Waals surface area contributed by atoms with Gasteiger partial charge in [0.2, 0.25) is 0 Å². The Morgan fingerprint density at radius 3 is 2.82 bits per heavy atom. The summed E-state index contributed by atoms with van der Waals surface area (Å²) < 4.78 is 19.6. The number of H-pyrrole nitrogens is 1. The second-order valence-corrected chi connectivity index (χ2v) is 12.1. The smallest absolute Gasteiger partial charge is 0.270 e. The fourth-order valence-corrected chi connectivity index (χ4v) is 6.86. The van der Waals surface area contributed by atoms with E-state index in [1.165, 1.54) is 12.1 Å². The number of carbonyl (C=O) groups excluding carboxylic acids is 1. The summed E-state index contributed by atoms with van der Waals surface area (Å²) in [6, 6.07) is 12.1. The predicted molar refractivity (Wildman–Crippen MR) is 146 cm³/mol. The number of amides is 1. The molecule has 1 spiro atoms. The molecule has 0 saturated carbocycles. The first-order chi connectivity index (χ1) is 18.3. The van der Waals surface area contributed by atoms with Gasteiger partial charge in [0, 0.05) is 47.5 Å². The molecule has 6 nitrogen and oxygen atoms in total. The average Bonchev–Trinajstić information content (AvgIpc) is 3.34. The second kappa shape index (κ2) is 10.2. The number of aliphatic hydroxyl groups is 1. The fourth-order valence-electron chi connectivity index (χ4n) is 6.69. The first-order valence-corrected chi connectivity index (χ1v) is 14.1. The van der Waals surface area contributed by atoms with Gasteiger partial charge in [-0.15, -0.1) is 0 Å². The van der Waals surface area contributed by atoms with Gasteiger partial charge in [0.05, 0.1) is 12.7 Å². The minimum absolute atomic E-state index is 0.0179. The molecule has 3 atom stereocenters. The van der Waals surface area contributed by atoms with Gasteiger partial charge in [-0.3, -0.25) is 4.79 Å². The highest BCUT2D eigenvalue weighted by Gasteiger charge is 2.46. The Kier molecular flexibility index (Phi) is 6.87. The van der Waals surface area contributed by atoms with Gasteiger partial charge in [-0.05, 0) is 86.0 Å². The molecular formula is C30H35ClFN3O3. The summed E-state index contributed by atoms with van der Waals surface area (Å²) >= 11 is 6.12. The number of hydrogen-bond donors (Lipinski definition) is 2. The molecule has 2 aromatic carbocycles. The summed E-state index contributed by atoms with van der Waals surface area (Å²) in [5, 5.41) is 12.6. The minimum atomic E-state index is -0.434. The molecule has 0 bridgehead atoms. The summed E-state index contributed by atoms with van der Waals surface area (Å²) in [5.41, 5.74) is 2.19. The number of aliphatic hydroxyl groups excluding tert-OH is 1. The molecule has 1 aromatic heterocycles. The molecule has 0 radical (unpaired) electrons. The molecule has 38 heavy (non-hydrogen) atoms. The van der Waals surface area contributed by atoms with E-state index in [0.717, 1.165) is 74.1 Å². The third kappa shape index (κ3) is 4.92. The number of β-amino-alcohol motifs (C(OH)–C–C–N with tert-alkyl or cyclic N) is 1. The number of halogens is 2. The SMILES string of the molecule is CC(CN1CCC2(COc3cc(Cl)ccc3C2)[C@H](O)C1)C1CCN(C(=O)c2cc3cc(F)ccc3[nH]2)CC1. The largest absolute Gasteiger partial charge is 0.493 e. The molecule has 3 aromatic rings. The van der Waals surface area contributed by atoms with Crippen molar-refractivity contribution in [3.05, 3.63) is 64.6 Å². The van der Waals surface area contributed by atoms with Crippen molar-refractivity contribution in [3.63, 3.8) is 0 Å². The zero-order chi connectivity index (χ0) is 26.4. The van der Waals surface area contributed by atoms with Crippen LogP contribution in [0.1, 0.15) is 42.2 Å². The summed E-state index contributed by atoms with van der Waals surface area (Å²) in [7, 11) is 0. The lowest BCUT2D eigenvalue weighted by Gasteiger charge is -2.48. The zero-order valence-electron chi connectivity index (χ0n) is 21.8. The van der Waals surface area contributed by atoms with Crippen LogP contribution in [-0.4, -0.2) is 71.2 Å². The van der Waals surface area contributed by atoms with Crippen molar-refractivity contribution >= 4 is 28.4 Å². The topological polar surface area (TPSA) is 68.8 Å². The van der Waals surface area contributed by atoms with E-state index in [1.54, 1.807) is 12.1 Å². The first-order valence-electron chi connectivity index (χ1n) is 13.7. The highest BCUT2D eigenvalue weighted by molar-refractivity contribution is 6.30. The minimum Gasteiger partial charge on any atom is -0.493 e. The Morgan fingerprint density at radius 2 is 2.03 bits per heavy atom. The van der Waals surface area contributed by atoms with E-state index in [0.29, 0.717) is 35.7 Å². The molecule has 3 aliphatic rings. The number of benzene rings is 2. The van der Waals surface area contributed by atoms with Gasteiger partial charge in [0.15, 0.2) is 0 Å². The molecule has 4 heterocycles. The van der Waals surface area contributed by atoms with Crippen molar-refractivity contribution in [1.82, 2.24) is 14.8 Å². The van der Waals surface area contributed by atoms with Crippen LogP contribution in [0.2, 0.25) is 5.02 Å². The first kappa shape index (κ1) is 25.7. The molecular weight excluding hydrogens is 505 g/mol. The third-order valence-corrected chi connectivity index (χ3v) is 9.38. The lowest BCUT2D eigenvalue weighted by Crippen LogP contribution is -2.56. The van der Waals surface area contributed by atoms with Crippen LogP contribution < -0.4 is 4.74 Å². The number of nitrogens with one attached hydrogen (secondary N) is 1. The Balaban J connectivity index is 1.01. The highest BCUT2D eigenvalue weighted by atomic mass is 35.5. The van der Waals surface area contributed by atoms with Crippen LogP contribution in [-0.2, 0) is 6.42 Å². The van der Waals surface area contributed by atoms with Gasteiger partial charge in [0.1, 0.15) is 17.3 Å². The number of aromatic amines is 1. The Bertz CT molecular complexity index is 1340. The van der Waals surface area contributed by atoms with E-state index >= 15 is 0 Å². The van der Waals surface area contributed by atoms with Crippen molar-refractivity contribution in [3.8, 4) is 5.75 Å². The number of rotatable bonds is 4. The highest BCUT2D eigenvalue weighted by Crippen LogP contribution is 2.43. The number of piperidine rings is 2. The Labute approximate surface area is 227 Å². The predicted octanol–water partition coefficient (Wildman–Crippen LogP) is 5.14. The van der Waals surface area contributed by atoms with E-state index < -0.39 is 6.10 Å². The molecule has 2 saturated heterocycles. The quantitative estimate of drug-likeness (QED) is 0.482. The van der Waals surface area contributed by atoms with Crippen molar-refractivity contribution in [2.45, 2.75) is 38.7 Å². The van der Waals surface area contributed by atoms with Crippen molar-refractivity contribution in [2.75, 3.05) is 39.3 Å². The second-order valence-electron chi connectivity index (χ2n) is 11.6. The molecule has 202 valence electrons. The van der Waals surface area contributed by atoms with E-state index in [2.05, 4.69) is 16.8 Å². The molecule has 3 aliphatic heterocycles. The standard InChI is InChI=1S/C30H35ClFN3O3/c1-19(16-34-11-8-30(28(36)17-34)15-21-2-3-23(31)14-27(21)38-18-30)20-6-9-35(10-7-20)29(37)26-13-22-12-24(32)4-5-25(22)33-26/h2-5,12-14,19-20,28,33,36H,6-11,15-18H2,1H3/t19?,28-,30?/m1/s1. The van der Waals surface area contributed by atoms with Gasteiger partial charge in [-0.25, -0.2) is 4.39 Å². The molecule has 1 amide bonds. The number of fused-ring (bicyclic) bond motifs is 2. The van der Waals surface area contributed by atoms with Gasteiger partial charge in [-0.2, -0.15) is 0 Å². The molecule has 2 N–H and O–H groups in total. The third-order valence-electron chi connectivity index (χ3n) is 9.14. The van der Waals surface area contributed by atoms with Crippen LogP contribution in [0.25, 0.3) is 10.9 Å². The van der Waals surface area contributed by atoms with Crippen LogP contribution in [0.5, 0.6) is 5.75 Å². The molecule has 6 rings (SSSR count). The Morgan fingerprint density at radius 1 is 1.21 bits per heavy atom. The monoisotopic (exact) mass is 539 g/mol. The van der Waals surface area contributed by atoms with E-state index in [9.17, 15) is 14.3 Å². The zero-order valence-corrected chi connectivity index (χ0v) is 22.5. The van der Waals surface area contributed by atoms with Gasteiger partial charge in [0.25, 0.3) is 5.91 Å². The number of aromatic nitrogens is 1. The van der Waals surface area contributed by atoms with Crippen molar-refractivity contribution < 1.29 is 19.0 Å². The summed E-state index contributed by atoms with van der Waals surface area (Å²) in [4.78, 5) is 20.5. The van der Waals surface area contributed by atoms with Crippen LogP contribution in [0.3, 0.4) is 0 Å². The van der Waals surface area contributed by atoms with Crippen LogP contribution in [0.15, 0.2) is 42.5 Å². The molecule has 2 fully saturated rings. The van der Waals surface area contributed by atoms with Crippen LogP contribution in [0, 0.1) is 23.1 Å². The number of ether oxygens (including phenoxy) is 1. The number of nitrogens with zero attached hydrogens (tertiary/aromatic N) is 2. The van der Waals surface area contributed by atoms with E-state index in [1.807, 2.05) is 23.1 Å². The normalized spacial score (nSPS) is 25.4. The number of likely N-dealkylation sites (tertiary alicyclic amines) is 2. The number of carbonyl (C=O) groups is 1. The summed E-state index contributed by atoms with van der Waals surface area (Å²) in [6.07, 6.45) is 3.23. The van der Waals surface area contributed by atoms with Gasteiger partial charge in [-0.1, -0.05) is 24.6 Å². The molecule has 8 heteroatoms. The van der Waals surface area contributed by atoms with Crippen LogP contribution >= 0.6 is 11.6 Å². The molecule has 2 unspecified atom stereocenters.